The van der Waals surface area contributed by atoms with E-state index < -0.39 is 11.9 Å². The summed E-state index contributed by atoms with van der Waals surface area (Å²) in [6.45, 7) is 1.91. The quantitative estimate of drug-likeness (QED) is 0.892. The van der Waals surface area contributed by atoms with Crippen molar-refractivity contribution in [3.05, 3.63) is 42.2 Å². The van der Waals surface area contributed by atoms with Crippen molar-refractivity contribution in [1.29, 1.82) is 0 Å². The fourth-order valence-electron chi connectivity index (χ4n) is 3.19. The number of carboxylic acids is 1. The highest BCUT2D eigenvalue weighted by Crippen LogP contribution is 2.30. The summed E-state index contributed by atoms with van der Waals surface area (Å²) in [6, 6.07) is 9.20. The number of amides is 1. The SMILES string of the molecule is Cc1ccnc(-c2ccc(NC(=O)C3CCCC(C(=O)O)C3)cc2)n1. The number of carboxylic acid groups (broad SMARTS) is 1. The van der Waals surface area contributed by atoms with Gasteiger partial charge in [-0.2, -0.15) is 0 Å². The first-order chi connectivity index (χ1) is 12.0. The molecule has 1 aliphatic carbocycles. The molecule has 1 aliphatic rings. The Hall–Kier alpha value is -2.76. The van der Waals surface area contributed by atoms with Crippen molar-refractivity contribution in [2.75, 3.05) is 5.32 Å². The smallest absolute Gasteiger partial charge is 0.306 e. The molecule has 0 spiro atoms. The van der Waals surface area contributed by atoms with Crippen molar-refractivity contribution in [2.45, 2.75) is 32.6 Å². The van der Waals surface area contributed by atoms with Crippen molar-refractivity contribution >= 4 is 17.6 Å². The molecule has 0 saturated heterocycles. The number of hydrogen-bond donors (Lipinski definition) is 2. The van der Waals surface area contributed by atoms with Gasteiger partial charge >= 0.3 is 5.97 Å². The molecule has 2 N–H and O–H groups in total. The number of aryl methyl sites for hydroxylation is 1. The third-order valence-electron chi connectivity index (χ3n) is 4.60. The molecule has 0 radical (unpaired) electrons. The van der Waals surface area contributed by atoms with Gasteiger partial charge in [-0.05, 0) is 56.5 Å². The normalized spacial score (nSPS) is 20.0. The highest BCUT2D eigenvalue weighted by Gasteiger charge is 2.30. The van der Waals surface area contributed by atoms with E-state index in [0.29, 0.717) is 24.4 Å². The van der Waals surface area contributed by atoms with Crippen molar-refractivity contribution in [3.63, 3.8) is 0 Å². The summed E-state index contributed by atoms with van der Waals surface area (Å²) in [5, 5.41) is 12.0. The van der Waals surface area contributed by atoms with Crippen LogP contribution in [0.1, 0.15) is 31.4 Å². The van der Waals surface area contributed by atoms with E-state index in [9.17, 15) is 9.59 Å². The van der Waals surface area contributed by atoms with Gasteiger partial charge in [-0.15, -0.1) is 0 Å². The number of nitrogens with one attached hydrogen (secondary N) is 1. The van der Waals surface area contributed by atoms with Crippen LogP contribution in [-0.2, 0) is 9.59 Å². The lowest BCUT2D eigenvalue weighted by atomic mass is 9.81. The minimum atomic E-state index is -0.806. The number of anilines is 1. The molecule has 6 nitrogen and oxygen atoms in total. The highest BCUT2D eigenvalue weighted by molar-refractivity contribution is 5.93. The number of carbonyl (C=O) groups is 2. The zero-order chi connectivity index (χ0) is 17.8. The summed E-state index contributed by atoms with van der Waals surface area (Å²) in [4.78, 5) is 32.2. The number of rotatable bonds is 4. The molecule has 1 fully saturated rings. The predicted octanol–water partition coefficient (Wildman–Crippen LogP) is 3.28. The van der Waals surface area contributed by atoms with Crippen LogP contribution in [0.4, 0.5) is 5.69 Å². The molecule has 2 atom stereocenters. The largest absolute Gasteiger partial charge is 0.481 e. The molecule has 6 heteroatoms. The third-order valence-corrected chi connectivity index (χ3v) is 4.60. The topological polar surface area (TPSA) is 92.2 Å². The number of carbonyl (C=O) groups excluding carboxylic acids is 1. The number of aliphatic carboxylic acids is 1. The van der Waals surface area contributed by atoms with E-state index in [-0.39, 0.29) is 11.8 Å². The van der Waals surface area contributed by atoms with E-state index in [2.05, 4.69) is 15.3 Å². The molecule has 1 aromatic carbocycles. The van der Waals surface area contributed by atoms with Gasteiger partial charge in [-0.1, -0.05) is 6.42 Å². The zero-order valence-corrected chi connectivity index (χ0v) is 14.1. The van der Waals surface area contributed by atoms with Gasteiger partial charge in [0.05, 0.1) is 5.92 Å². The molecule has 0 bridgehead atoms. The summed E-state index contributed by atoms with van der Waals surface area (Å²) >= 11 is 0. The maximum atomic E-state index is 12.4. The Labute approximate surface area is 146 Å². The van der Waals surface area contributed by atoms with Crippen LogP contribution in [0, 0.1) is 18.8 Å². The van der Waals surface area contributed by atoms with Crippen molar-refractivity contribution in [2.24, 2.45) is 11.8 Å². The first kappa shape index (κ1) is 17.1. The first-order valence-electron chi connectivity index (χ1n) is 8.46. The fraction of sp³-hybridized carbons (Fsp3) is 0.368. The van der Waals surface area contributed by atoms with E-state index in [4.69, 9.17) is 5.11 Å². The lowest BCUT2D eigenvalue weighted by Gasteiger charge is -2.25. The van der Waals surface area contributed by atoms with Crippen LogP contribution in [0.25, 0.3) is 11.4 Å². The van der Waals surface area contributed by atoms with Crippen LogP contribution in [-0.4, -0.2) is 27.0 Å². The van der Waals surface area contributed by atoms with Crippen LogP contribution in [0.2, 0.25) is 0 Å². The molecule has 1 heterocycles. The van der Waals surface area contributed by atoms with Crippen molar-refractivity contribution in [3.8, 4) is 11.4 Å². The molecule has 130 valence electrons. The van der Waals surface area contributed by atoms with Crippen molar-refractivity contribution in [1.82, 2.24) is 9.97 Å². The standard InChI is InChI=1S/C19H21N3O3/c1-12-9-10-20-17(21-12)13-5-7-16(8-6-13)22-18(23)14-3-2-4-15(11-14)19(24)25/h5-10,14-15H,2-4,11H2,1H3,(H,22,23)(H,24,25). The number of aromatic nitrogens is 2. The summed E-state index contributed by atoms with van der Waals surface area (Å²) in [6.07, 6.45) is 4.31. The molecule has 3 rings (SSSR count). The Morgan fingerprint density at radius 2 is 1.84 bits per heavy atom. The fourth-order valence-corrected chi connectivity index (χ4v) is 3.19. The van der Waals surface area contributed by atoms with Crippen LogP contribution >= 0.6 is 0 Å². The molecule has 0 aliphatic heterocycles. The zero-order valence-electron chi connectivity index (χ0n) is 14.1. The second-order valence-corrected chi connectivity index (χ2v) is 6.49. The minimum absolute atomic E-state index is 0.106. The van der Waals surface area contributed by atoms with E-state index in [0.717, 1.165) is 24.1 Å². The van der Waals surface area contributed by atoms with Gasteiger partial charge in [0.25, 0.3) is 0 Å². The summed E-state index contributed by atoms with van der Waals surface area (Å²) in [7, 11) is 0. The molecule has 25 heavy (non-hydrogen) atoms. The highest BCUT2D eigenvalue weighted by atomic mass is 16.4. The number of benzene rings is 1. The van der Waals surface area contributed by atoms with Crippen LogP contribution in [0.15, 0.2) is 36.5 Å². The van der Waals surface area contributed by atoms with Gasteiger partial charge < -0.3 is 10.4 Å². The van der Waals surface area contributed by atoms with Crippen LogP contribution in [0.3, 0.4) is 0 Å². The minimum Gasteiger partial charge on any atom is -0.481 e. The molecule has 1 amide bonds. The van der Waals surface area contributed by atoms with Gasteiger partial charge in [0.1, 0.15) is 0 Å². The van der Waals surface area contributed by atoms with E-state index >= 15 is 0 Å². The van der Waals surface area contributed by atoms with Gasteiger partial charge in [0, 0.05) is 29.1 Å². The number of hydrogen-bond acceptors (Lipinski definition) is 4. The van der Waals surface area contributed by atoms with Gasteiger partial charge in [0.15, 0.2) is 5.82 Å². The van der Waals surface area contributed by atoms with Gasteiger partial charge in [0.2, 0.25) is 5.91 Å². The molecule has 2 aromatic rings. The summed E-state index contributed by atoms with van der Waals surface area (Å²) in [5.74, 6) is -0.917. The monoisotopic (exact) mass is 339 g/mol. The average molecular weight is 339 g/mol. The van der Waals surface area contributed by atoms with Gasteiger partial charge in [-0.25, -0.2) is 9.97 Å². The van der Waals surface area contributed by atoms with E-state index in [1.165, 1.54) is 0 Å². The Balaban J connectivity index is 1.65. The first-order valence-corrected chi connectivity index (χ1v) is 8.46. The lowest BCUT2D eigenvalue weighted by Crippen LogP contribution is -2.30. The molecular formula is C19H21N3O3. The second-order valence-electron chi connectivity index (χ2n) is 6.49. The second kappa shape index (κ2) is 7.42. The Bertz CT molecular complexity index is 774. The summed E-state index contributed by atoms with van der Waals surface area (Å²) in [5.41, 5.74) is 2.47. The lowest BCUT2D eigenvalue weighted by molar-refractivity contribution is -0.143. The third kappa shape index (κ3) is 4.21. The van der Waals surface area contributed by atoms with Crippen LogP contribution < -0.4 is 5.32 Å². The molecule has 1 saturated carbocycles. The summed E-state index contributed by atoms with van der Waals surface area (Å²) < 4.78 is 0. The molecule has 1 aromatic heterocycles. The Morgan fingerprint density at radius 1 is 1.12 bits per heavy atom. The van der Waals surface area contributed by atoms with Crippen LogP contribution in [0.5, 0.6) is 0 Å². The Kier molecular flexibility index (Phi) is 5.07. The molecular weight excluding hydrogens is 318 g/mol. The number of nitrogens with zero attached hydrogens (tertiary/aromatic N) is 2. The van der Waals surface area contributed by atoms with Crippen molar-refractivity contribution < 1.29 is 14.7 Å². The maximum absolute atomic E-state index is 12.4. The van der Waals surface area contributed by atoms with Gasteiger partial charge in [-0.3, -0.25) is 9.59 Å². The van der Waals surface area contributed by atoms with E-state index in [1.807, 2.05) is 37.3 Å². The van der Waals surface area contributed by atoms with E-state index in [1.54, 1.807) is 6.20 Å². The predicted molar refractivity (Wildman–Crippen MR) is 93.9 cm³/mol. The molecule has 2 unspecified atom stereocenters. The maximum Gasteiger partial charge on any atom is 0.306 e. The Morgan fingerprint density at radius 3 is 2.52 bits per heavy atom. The average Bonchev–Trinajstić information content (AvgIpc) is 2.62.